The molecular weight excluding hydrogens is 542 g/mol. The van der Waals surface area contributed by atoms with Crippen LogP contribution >= 0.6 is 0 Å². The van der Waals surface area contributed by atoms with E-state index in [1.54, 1.807) is 12.2 Å². The van der Waals surface area contributed by atoms with E-state index in [1.165, 1.54) is 0 Å². The number of anilines is 1. The number of rotatable bonds is 5. The molecule has 3 saturated carbocycles. The maximum Gasteiger partial charge on any atom is 0.193 e. The van der Waals surface area contributed by atoms with Crippen molar-refractivity contribution in [3.63, 3.8) is 0 Å². The number of ether oxygens (including phenoxy) is 2. The Kier molecular flexibility index (Phi) is 6.64. The molecule has 4 N–H and O–H groups in total. The molecule has 0 amide bonds. The number of allylic oxidation sites excluding steroid dienone is 4. The maximum absolute atomic E-state index is 13.8. The summed E-state index contributed by atoms with van der Waals surface area (Å²) in [5.74, 6) is -0.160. The fourth-order valence-electron chi connectivity index (χ4n) is 9.79. The molecular formula is C36H41NO6. The summed E-state index contributed by atoms with van der Waals surface area (Å²) in [7, 11) is 0. The first kappa shape index (κ1) is 28.7. The van der Waals surface area contributed by atoms with E-state index >= 15 is 0 Å². The van der Waals surface area contributed by atoms with Crippen molar-refractivity contribution in [1.29, 1.82) is 0 Å². The van der Waals surface area contributed by atoms with Gasteiger partial charge in [0.1, 0.15) is 6.61 Å². The fourth-order valence-corrected chi connectivity index (χ4v) is 9.79. The molecule has 1 saturated heterocycles. The van der Waals surface area contributed by atoms with Gasteiger partial charge in [-0.05, 0) is 72.9 Å². The lowest BCUT2D eigenvalue weighted by Gasteiger charge is -2.59. The zero-order chi connectivity index (χ0) is 30.3. The number of nitrogen functional groups attached to an aromatic ring is 1. The van der Waals surface area contributed by atoms with Crippen molar-refractivity contribution in [2.75, 3.05) is 12.3 Å². The van der Waals surface area contributed by atoms with E-state index in [2.05, 4.69) is 32.9 Å². The third-order valence-electron chi connectivity index (χ3n) is 11.9. The van der Waals surface area contributed by atoms with Gasteiger partial charge in [-0.15, -0.1) is 0 Å². The van der Waals surface area contributed by atoms with Gasteiger partial charge in [-0.1, -0.05) is 68.8 Å². The molecule has 0 bridgehead atoms. The summed E-state index contributed by atoms with van der Waals surface area (Å²) in [5.41, 5.74) is 8.26. The first-order valence-electron chi connectivity index (χ1n) is 15.6. The van der Waals surface area contributed by atoms with Gasteiger partial charge >= 0.3 is 0 Å². The third kappa shape index (κ3) is 4.01. The Morgan fingerprint density at radius 2 is 1.91 bits per heavy atom. The molecule has 43 heavy (non-hydrogen) atoms. The number of Topliss-reactive ketones (excluding diaryl/α,β-unsaturated/α-hetero) is 1. The Bertz CT molecular complexity index is 1530. The zero-order valence-corrected chi connectivity index (χ0v) is 25.0. The van der Waals surface area contributed by atoms with Crippen LogP contribution in [0.2, 0.25) is 0 Å². The second-order valence-electron chi connectivity index (χ2n) is 13.9. The average Bonchev–Trinajstić information content (AvgIpc) is 3.50. The topological polar surface area (TPSA) is 119 Å². The summed E-state index contributed by atoms with van der Waals surface area (Å²) in [6, 6.07) is 15.9. The summed E-state index contributed by atoms with van der Waals surface area (Å²) < 4.78 is 13.4. The summed E-state index contributed by atoms with van der Waals surface area (Å²) >= 11 is 0. The van der Waals surface area contributed by atoms with Gasteiger partial charge < -0.3 is 25.4 Å². The molecule has 4 aliphatic carbocycles. The highest BCUT2D eigenvalue weighted by Gasteiger charge is 2.75. The number of aliphatic hydroxyl groups excluding tert-OH is 2. The molecule has 0 aromatic heterocycles. The van der Waals surface area contributed by atoms with Crippen LogP contribution in [0.15, 0.2) is 72.3 Å². The number of hydrogen-bond donors (Lipinski definition) is 3. The van der Waals surface area contributed by atoms with Gasteiger partial charge in [-0.2, -0.15) is 0 Å². The van der Waals surface area contributed by atoms with Crippen molar-refractivity contribution < 1.29 is 29.3 Å². The highest BCUT2D eigenvalue weighted by molar-refractivity contribution is 6.01. The summed E-state index contributed by atoms with van der Waals surface area (Å²) in [6.45, 7) is 5.68. The Morgan fingerprint density at radius 3 is 2.65 bits per heavy atom. The number of hydrogen-bond acceptors (Lipinski definition) is 7. The second-order valence-corrected chi connectivity index (χ2v) is 13.9. The molecule has 10 atom stereocenters. The average molecular weight is 584 g/mol. The predicted molar refractivity (Wildman–Crippen MR) is 162 cm³/mol. The number of carbonyl (C=O) groups is 2. The van der Waals surface area contributed by atoms with Gasteiger partial charge in [0.15, 0.2) is 23.5 Å². The first-order chi connectivity index (χ1) is 20.5. The van der Waals surface area contributed by atoms with E-state index in [9.17, 15) is 19.8 Å². The second kappa shape index (κ2) is 9.96. The molecule has 226 valence electrons. The lowest BCUT2D eigenvalue weighted by molar-refractivity contribution is -0.201. The van der Waals surface area contributed by atoms with Gasteiger partial charge in [0.05, 0.1) is 12.2 Å². The number of benzene rings is 2. The Morgan fingerprint density at radius 1 is 1.14 bits per heavy atom. The van der Waals surface area contributed by atoms with Crippen molar-refractivity contribution in [2.45, 2.75) is 76.5 Å². The molecule has 1 heterocycles. The van der Waals surface area contributed by atoms with E-state index in [4.69, 9.17) is 15.2 Å². The normalized spacial score (nSPS) is 40.2. The van der Waals surface area contributed by atoms with E-state index in [0.717, 1.165) is 40.8 Å². The lowest BCUT2D eigenvalue weighted by Crippen LogP contribution is -2.63. The van der Waals surface area contributed by atoms with E-state index < -0.39 is 41.5 Å². The monoisotopic (exact) mass is 583 g/mol. The number of fused-ring (bicyclic) bond motifs is 7. The lowest BCUT2D eigenvalue weighted by atomic mass is 9.46. The Labute approximate surface area is 252 Å². The van der Waals surface area contributed by atoms with Crippen LogP contribution in [0.3, 0.4) is 0 Å². The summed E-state index contributed by atoms with van der Waals surface area (Å²) in [6.07, 6.45) is 5.94. The molecule has 7 heteroatoms. The Hall–Kier alpha value is -3.10. The molecule has 2 aromatic carbocycles. The van der Waals surface area contributed by atoms with Crippen molar-refractivity contribution >= 4 is 17.3 Å². The van der Waals surface area contributed by atoms with Crippen LogP contribution in [0, 0.1) is 28.6 Å². The van der Waals surface area contributed by atoms with Crippen LogP contribution in [0.4, 0.5) is 5.69 Å². The number of ketones is 2. The zero-order valence-electron chi connectivity index (χ0n) is 25.0. The maximum atomic E-state index is 13.8. The standard InChI is InChI=1S/C36H41NO6/c1-20(21-7-10-25(37)11-8-21)22-5-4-6-23(15-22)33-42-31-17-28-27-12-9-24-16-26(39)13-14-34(24,2)32(27)29(40)18-35(28,3)36(31,43-33)30(41)19-38/h4-8,10-11,13-16,20,27-29,31-33,38,40H,9,12,17-19,37H2,1-3H3/t20-,27+,28+,29+,31-,32-,33-,34+,35+,36-/m1/s1. The quantitative estimate of drug-likeness (QED) is 0.423. The molecule has 4 fully saturated rings. The molecule has 5 aliphatic rings. The molecule has 1 aliphatic heterocycles. The predicted octanol–water partition coefficient (Wildman–Crippen LogP) is 5.02. The van der Waals surface area contributed by atoms with E-state index in [1.807, 2.05) is 42.5 Å². The van der Waals surface area contributed by atoms with Crippen LogP contribution in [-0.2, 0) is 19.1 Å². The molecule has 0 radical (unpaired) electrons. The largest absolute Gasteiger partial charge is 0.399 e. The summed E-state index contributed by atoms with van der Waals surface area (Å²) in [4.78, 5) is 26.0. The van der Waals surface area contributed by atoms with Gasteiger partial charge in [-0.25, -0.2) is 0 Å². The SMILES string of the molecule is C[C@H](c1ccc(N)cc1)c1cccc([C@@H]2O[C@@H]3C[C@H]4[C@@H]5CCC6=CC(=O)C=C[C@]6(C)[C@H]5[C@@H](O)C[C@]4(C)[C@]3(C(=O)CO)O2)c1. The molecule has 7 nitrogen and oxygen atoms in total. The van der Waals surface area contributed by atoms with Crippen molar-refractivity contribution in [3.05, 3.63) is 89.0 Å². The number of carbonyl (C=O) groups excluding carboxylic acids is 2. The minimum atomic E-state index is -1.36. The highest BCUT2D eigenvalue weighted by atomic mass is 16.7. The fraction of sp³-hybridized carbons (Fsp3) is 0.500. The van der Waals surface area contributed by atoms with E-state index in [0.29, 0.717) is 12.8 Å². The molecule has 2 aromatic rings. The van der Waals surface area contributed by atoms with Crippen LogP contribution in [-0.4, -0.2) is 46.2 Å². The van der Waals surface area contributed by atoms with E-state index in [-0.39, 0.29) is 35.2 Å². The van der Waals surface area contributed by atoms with Crippen LogP contribution in [0.25, 0.3) is 0 Å². The third-order valence-corrected chi connectivity index (χ3v) is 11.9. The highest BCUT2D eigenvalue weighted by Crippen LogP contribution is 2.70. The minimum absolute atomic E-state index is 0.00345. The van der Waals surface area contributed by atoms with Gasteiger partial charge in [0.25, 0.3) is 0 Å². The first-order valence-corrected chi connectivity index (χ1v) is 15.6. The van der Waals surface area contributed by atoms with Gasteiger partial charge in [0.2, 0.25) is 0 Å². The minimum Gasteiger partial charge on any atom is -0.399 e. The van der Waals surface area contributed by atoms with Crippen molar-refractivity contribution in [2.24, 2.45) is 28.6 Å². The van der Waals surface area contributed by atoms with Crippen molar-refractivity contribution in [3.8, 4) is 0 Å². The van der Waals surface area contributed by atoms with Crippen LogP contribution in [0.1, 0.15) is 75.4 Å². The Balaban J connectivity index is 1.21. The van der Waals surface area contributed by atoms with Gasteiger partial charge in [0, 0.05) is 33.9 Å². The molecule has 0 spiro atoms. The smallest absolute Gasteiger partial charge is 0.193 e. The van der Waals surface area contributed by atoms with Gasteiger partial charge in [-0.3, -0.25) is 9.59 Å². The molecule has 0 unspecified atom stereocenters. The summed E-state index contributed by atoms with van der Waals surface area (Å²) in [5, 5.41) is 22.1. The van der Waals surface area contributed by atoms with Crippen molar-refractivity contribution in [1.82, 2.24) is 0 Å². The van der Waals surface area contributed by atoms with Crippen LogP contribution < -0.4 is 5.73 Å². The number of nitrogens with two attached hydrogens (primary N) is 1. The number of aliphatic hydroxyl groups is 2. The molecule has 7 rings (SSSR count). The van der Waals surface area contributed by atoms with Crippen LogP contribution in [0.5, 0.6) is 0 Å².